The molecule has 0 aliphatic heterocycles. The van der Waals surface area contributed by atoms with Crippen molar-refractivity contribution in [3.63, 3.8) is 0 Å². The number of amides is 2. The number of para-hydroxylation sites is 1. The van der Waals surface area contributed by atoms with Gasteiger partial charge < -0.3 is 15.1 Å². The fraction of sp³-hybridized carbons (Fsp3) is 0.0455. The van der Waals surface area contributed by atoms with Gasteiger partial charge in [0.1, 0.15) is 10.6 Å². The molecule has 0 saturated heterocycles. The lowest BCUT2D eigenvalue weighted by Crippen LogP contribution is -2.34. The molecule has 31 heavy (non-hydrogen) atoms. The number of fused-ring (bicyclic) bond motifs is 1. The number of hydrogen-bond acceptors (Lipinski definition) is 5. The van der Waals surface area contributed by atoms with Gasteiger partial charge in [0.15, 0.2) is 5.11 Å². The summed E-state index contributed by atoms with van der Waals surface area (Å²) in [5.41, 5.74) is 0.845. The Labute approximate surface area is 192 Å². The van der Waals surface area contributed by atoms with E-state index >= 15 is 0 Å². The summed E-state index contributed by atoms with van der Waals surface area (Å²) in [6.45, 7) is 0.256. The second-order valence-electron chi connectivity index (χ2n) is 6.46. The van der Waals surface area contributed by atoms with Crippen molar-refractivity contribution in [3.05, 3.63) is 88.2 Å². The molecule has 2 amide bonds. The molecule has 3 N–H and O–H groups in total. The van der Waals surface area contributed by atoms with Gasteiger partial charge in [0.05, 0.1) is 29.1 Å². The topological polar surface area (TPSA) is 83.4 Å². The standard InChI is InChI=1S/C22H16ClN3O3S2/c23-18-15-8-2-4-10-17(15)31-19(18)21(28)26-22(30)25-16-9-3-1-7-14(16)20(27)24-12-13-6-5-11-29-13/h1-11H,12H2,(H,24,27)(H2,25,26,28,30). The Hall–Kier alpha value is -3.20. The number of thiophene rings is 1. The molecule has 0 bridgehead atoms. The van der Waals surface area contributed by atoms with Gasteiger partial charge in [-0.25, -0.2) is 0 Å². The second-order valence-corrected chi connectivity index (χ2v) is 8.30. The number of hydrogen-bond donors (Lipinski definition) is 3. The molecular weight excluding hydrogens is 454 g/mol. The highest BCUT2D eigenvalue weighted by molar-refractivity contribution is 7.80. The minimum absolute atomic E-state index is 0.0600. The summed E-state index contributed by atoms with van der Waals surface area (Å²) in [5.74, 6) is -0.0774. The molecule has 9 heteroatoms. The van der Waals surface area contributed by atoms with Crippen LogP contribution >= 0.6 is 35.2 Å². The zero-order valence-electron chi connectivity index (χ0n) is 16.0. The quantitative estimate of drug-likeness (QED) is 0.350. The van der Waals surface area contributed by atoms with Crippen LogP contribution in [0.15, 0.2) is 71.3 Å². The highest BCUT2D eigenvalue weighted by Crippen LogP contribution is 2.35. The lowest BCUT2D eigenvalue weighted by Gasteiger charge is -2.13. The van der Waals surface area contributed by atoms with E-state index in [1.165, 1.54) is 11.3 Å². The molecule has 2 aromatic heterocycles. The number of furan rings is 1. The van der Waals surface area contributed by atoms with Gasteiger partial charge in [0, 0.05) is 10.1 Å². The lowest BCUT2D eigenvalue weighted by atomic mass is 10.1. The Morgan fingerprint density at radius 3 is 2.55 bits per heavy atom. The van der Waals surface area contributed by atoms with Crippen molar-refractivity contribution in [2.75, 3.05) is 5.32 Å². The monoisotopic (exact) mass is 469 g/mol. The van der Waals surface area contributed by atoms with E-state index in [0.29, 0.717) is 26.9 Å². The van der Waals surface area contributed by atoms with Gasteiger partial charge in [0.2, 0.25) is 0 Å². The van der Waals surface area contributed by atoms with Gasteiger partial charge >= 0.3 is 0 Å². The predicted molar refractivity (Wildman–Crippen MR) is 127 cm³/mol. The largest absolute Gasteiger partial charge is 0.467 e. The summed E-state index contributed by atoms with van der Waals surface area (Å²) in [4.78, 5) is 25.6. The predicted octanol–water partition coefficient (Wildman–Crippen LogP) is 5.20. The molecule has 0 aliphatic rings. The van der Waals surface area contributed by atoms with Gasteiger partial charge in [-0.15, -0.1) is 11.3 Å². The number of carbonyl (C=O) groups excluding carboxylic acids is 2. The first-order valence-electron chi connectivity index (χ1n) is 9.22. The Morgan fingerprint density at radius 1 is 1.00 bits per heavy atom. The summed E-state index contributed by atoms with van der Waals surface area (Å²) in [7, 11) is 0. The van der Waals surface area contributed by atoms with Gasteiger partial charge in [-0.3, -0.25) is 14.9 Å². The molecule has 0 spiro atoms. The van der Waals surface area contributed by atoms with E-state index in [4.69, 9.17) is 28.2 Å². The van der Waals surface area contributed by atoms with Gasteiger partial charge in [-0.1, -0.05) is 41.9 Å². The van der Waals surface area contributed by atoms with Crippen LogP contribution in [0, 0.1) is 0 Å². The molecule has 6 nitrogen and oxygen atoms in total. The summed E-state index contributed by atoms with van der Waals surface area (Å²) >= 11 is 12.9. The van der Waals surface area contributed by atoms with Gasteiger partial charge in [-0.2, -0.15) is 0 Å². The van der Waals surface area contributed by atoms with Gasteiger partial charge in [-0.05, 0) is 42.5 Å². The fourth-order valence-electron chi connectivity index (χ4n) is 2.94. The zero-order valence-corrected chi connectivity index (χ0v) is 18.4. The maximum Gasteiger partial charge on any atom is 0.269 e. The third kappa shape index (κ3) is 4.77. The van der Waals surface area contributed by atoms with Crippen LogP contribution in [0.25, 0.3) is 10.1 Å². The maximum atomic E-state index is 12.7. The lowest BCUT2D eigenvalue weighted by molar-refractivity contribution is 0.0947. The average molecular weight is 470 g/mol. The first kappa shape index (κ1) is 21.0. The van der Waals surface area contributed by atoms with Crippen molar-refractivity contribution < 1.29 is 14.0 Å². The number of rotatable bonds is 5. The Morgan fingerprint density at radius 2 is 1.77 bits per heavy atom. The van der Waals surface area contributed by atoms with Crippen molar-refractivity contribution in [1.29, 1.82) is 0 Å². The third-order valence-corrected chi connectivity index (χ3v) is 6.27. The van der Waals surface area contributed by atoms with Crippen molar-refractivity contribution in [3.8, 4) is 0 Å². The van der Waals surface area contributed by atoms with E-state index in [1.807, 2.05) is 24.3 Å². The van der Waals surface area contributed by atoms with E-state index in [0.717, 1.165) is 10.1 Å². The van der Waals surface area contributed by atoms with Crippen molar-refractivity contribution >= 4 is 67.9 Å². The zero-order chi connectivity index (χ0) is 21.8. The van der Waals surface area contributed by atoms with E-state index in [1.54, 1.807) is 42.7 Å². The minimum atomic E-state index is -0.413. The van der Waals surface area contributed by atoms with Crippen molar-refractivity contribution in [2.24, 2.45) is 0 Å². The molecule has 0 saturated carbocycles. The van der Waals surface area contributed by atoms with Crippen LogP contribution in [0.1, 0.15) is 25.8 Å². The van der Waals surface area contributed by atoms with E-state index in [2.05, 4.69) is 16.0 Å². The molecule has 2 aromatic carbocycles. The van der Waals surface area contributed by atoms with Crippen molar-refractivity contribution in [1.82, 2.24) is 10.6 Å². The van der Waals surface area contributed by atoms with Crippen LogP contribution in [-0.4, -0.2) is 16.9 Å². The van der Waals surface area contributed by atoms with E-state index in [9.17, 15) is 9.59 Å². The number of benzene rings is 2. The maximum absolute atomic E-state index is 12.7. The molecule has 2 heterocycles. The highest BCUT2D eigenvalue weighted by atomic mass is 35.5. The van der Waals surface area contributed by atoms with E-state index < -0.39 is 5.91 Å². The normalized spacial score (nSPS) is 10.6. The number of halogens is 1. The molecule has 0 atom stereocenters. The van der Waals surface area contributed by atoms with Crippen LogP contribution in [0.3, 0.4) is 0 Å². The summed E-state index contributed by atoms with van der Waals surface area (Å²) in [6.07, 6.45) is 1.54. The van der Waals surface area contributed by atoms with Crippen LogP contribution < -0.4 is 16.0 Å². The number of carbonyl (C=O) groups is 2. The van der Waals surface area contributed by atoms with Gasteiger partial charge in [0.25, 0.3) is 11.8 Å². The van der Waals surface area contributed by atoms with Crippen LogP contribution in [0.4, 0.5) is 5.69 Å². The molecule has 0 unspecified atom stereocenters. The molecule has 4 aromatic rings. The third-order valence-electron chi connectivity index (χ3n) is 4.39. The summed E-state index contributed by atoms with van der Waals surface area (Å²) in [6, 6.07) is 17.9. The van der Waals surface area contributed by atoms with Crippen LogP contribution in [-0.2, 0) is 6.54 Å². The SMILES string of the molecule is O=C(NCc1ccco1)c1ccccc1NC(=S)NC(=O)c1sc2ccccc2c1Cl. The number of anilines is 1. The fourth-order valence-corrected chi connectivity index (χ4v) is 4.55. The van der Waals surface area contributed by atoms with Crippen molar-refractivity contribution in [2.45, 2.75) is 6.54 Å². The molecule has 0 radical (unpaired) electrons. The molecular formula is C22H16ClN3O3S2. The first-order chi connectivity index (χ1) is 15.0. The molecule has 0 aliphatic carbocycles. The molecule has 4 rings (SSSR count). The van der Waals surface area contributed by atoms with Crippen LogP contribution in [0.2, 0.25) is 5.02 Å². The smallest absolute Gasteiger partial charge is 0.269 e. The Bertz CT molecular complexity index is 1270. The number of thiocarbonyl (C=S) groups is 1. The molecule has 0 fully saturated rings. The number of nitrogens with one attached hydrogen (secondary N) is 3. The average Bonchev–Trinajstić information content (AvgIpc) is 3.40. The van der Waals surface area contributed by atoms with Crippen LogP contribution in [0.5, 0.6) is 0 Å². The highest BCUT2D eigenvalue weighted by Gasteiger charge is 2.19. The first-order valence-corrected chi connectivity index (χ1v) is 10.8. The summed E-state index contributed by atoms with van der Waals surface area (Å²) < 4.78 is 6.14. The minimum Gasteiger partial charge on any atom is -0.467 e. The Kier molecular flexibility index (Phi) is 6.31. The summed E-state index contributed by atoms with van der Waals surface area (Å²) in [5, 5.41) is 9.59. The van der Waals surface area contributed by atoms with E-state index in [-0.39, 0.29) is 17.6 Å². The molecule has 156 valence electrons. The Balaban J connectivity index is 1.44. The second kappa shape index (κ2) is 9.30.